The molecule has 2 rings (SSSR count). The van der Waals surface area contributed by atoms with Crippen LogP contribution in [0, 0.1) is 5.41 Å². The van der Waals surface area contributed by atoms with Crippen molar-refractivity contribution in [2.75, 3.05) is 46.6 Å². The zero-order chi connectivity index (χ0) is 19.8. The Morgan fingerprint density at radius 1 is 1.30 bits per heavy atom. The van der Waals surface area contributed by atoms with Crippen LogP contribution in [-0.2, 0) is 10.9 Å². The second-order valence-corrected chi connectivity index (χ2v) is 6.50. The van der Waals surface area contributed by atoms with E-state index in [9.17, 15) is 18.3 Å². The molecule has 27 heavy (non-hydrogen) atoms. The summed E-state index contributed by atoms with van der Waals surface area (Å²) in [4.78, 5) is 4.13. The standard InChI is InChI=1S/C18H26F3N3O3/c1-22-16(24-12-17(6-9-25)7-10-26-13-17)23-8-11-27-15-4-2-14(3-5-15)18(19,20)21/h2-5,25H,6-13H2,1H3,(H2,22,23,24). The summed E-state index contributed by atoms with van der Waals surface area (Å²) in [6.07, 6.45) is -2.81. The molecule has 1 aromatic carbocycles. The predicted octanol–water partition coefficient (Wildman–Crippen LogP) is 2.04. The molecule has 3 N–H and O–H groups in total. The Kier molecular flexibility index (Phi) is 7.73. The van der Waals surface area contributed by atoms with Crippen molar-refractivity contribution in [2.24, 2.45) is 10.4 Å². The summed E-state index contributed by atoms with van der Waals surface area (Å²) in [5, 5.41) is 15.6. The van der Waals surface area contributed by atoms with Gasteiger partial charge in [0.15, 0.2) is 5.96 Å². The lowest BCUT2D eigenvalue weighted by atomic mass is 9.84. The highest BCUT2D eigenvalue weighted by Gasteiger charge is 2.34. The fraction of sp³-hybridized carbons (Fsp3) is 0.611. The Bertz CT molecular complexity index is 600. The monoisotopic (exact) mass is 389 g/mol. The van der Waals surface area contributed by atoms with E-state index in [1.165, 1.54) is 12.1 Å². The minimum Gasteiger partial charge on any atom is -0.492 e. The summed E-state index contributed by atoms with van der Waals surface area (Å²) in [5.41, 5.74) is -0.798. The predicted molar refractivity (Wildman–Crippen MR) is 95.9 cm³/mol. The van der Waals surface area contributed by atoms with E-state index in [4.69, 9.17) is 9.47 Å². The molecule has 1 heterocycles. The van der Waals surface area contributed by atoms with Gasteiger partial charge in [-0.25, -0.2) is 0 Å². The molecule has 0 spiro atoms. The molecular formula is C18H26F3N3O3. The Morgan fingerprint density at radius 2 is 2.04 bits per heavy atom. The maximum Gasteiger partial charge on any atom is 0.416 e. The Morgan fingerprint density at radius 3 is 2.59 bits per heavy atom. The van der Waals surface area contributed by atoms with E-state index in [1.54, 1.807) is 7.05 Å². The molecule has 0 radical (unpaired) electrons. The smallest absolute Gasteiger partial charge is 0.416 e. The summed E-state index contributed by atoms with van der Waals surface area (Å²) < 4.78 is 48.5. The number of nitrogens with zero attached hydrogens (tertiary/aromatic N) is 1. The Hall–Kier alpha value is -2.00. The van der Waals surface area contributed by atoms with E-state index in [2.05, 4.69) is 15.6 Å². The summed E-state index contributed by atoms with van der Waals surface area (Å²) in [5.74, 6) is 0.966. The zero-order valence-electron chi connectivity index (χ0n) is 15.3. The van der Waals surface area contributed by atoms with Crippen molar-refractivity contribution in [3.05, 3.63) is 29.8 Å². The first-order valence-corrected chi connectivity index (χ1v) is 8.82. The fourth-order valence-corrected chi connectivity index (χ4v) is 2.88. The van der Waals surface area contributed by atoms with E-state index in [1.807, 2.05) is 0 Å². The molecular weight excluding hydrogens is 363 g/mol. The highest BCUT2D eigenvalue weighted by Crippen LogP contribution is 2.31. The lowest BCUT2D eigenvalue weighted by Crippen LogP contribution is -2.45. The Balaban J connectivity index is 1.72. The minimum absolute atomic E-state index is 0.0941. The highest BCUT2D eigenvalue weighted by atomic mass is 19.4. The van der Waals surface area contributed by atoms with Crippen LogP contribution >= 0.6 is 0 Å². The van der Waals surface area contributed by atoms with Gasteiger partial charge in [0.05, 0.1) is 18.7 Å². The van der Waals surface area contributed by atoms with Crippen LogP contribution in [-0.4, -0.2) is 57.6 Å². The number of nitrogens with one attached hydrogen (secondary N) is 2. The highest BCUT2D eigenvalue weighted by molar-refractivity contribution is 5.79. The van der Waals surface area contributed by atoms with E-state index in [0.717, 1.165) is 18.6 Å². The number of benzene rings is 1. The molecule has 6 nitrogen and oxygen atoms in total. The number of aliphatic hydroxyl groups excluding tert-OH is 1. The molecule has 1 atom stereocenters. The number of alkyl halides is 3. The van der Waals surface area contributed by atoms with Crippen molar-refractivity contribution >= 4 is 5.96 Å². The van der Waals surface area contributed by atoms with Gasteiger partial charge in [0.25, 0.3) is 0 Å². The molecule has 1 aliphatic rings. The molecule has 1 aliphatic heterocycles. The van der Waals surface area contributed by atoms with Crippen LogP contribution in [0.1, 0.15) is 18.4 Å². The minimum atomic E-state index is -4.35. The normalized spacial score (nSPS) is 20.6. The van der Waals surface area contributed by atoms with E-state index in [-0.39, 0.29) is 18.6 Å². The summed E-state index contributed by atoms with van der Waals surface area (Å²) in [7, 11) is 1.65. The first-order chi connectivity index (χ1) is 12.9. The third-order valence-corrected chi connectivity index (χ3v) is 4.53. The topological polar surface area (TPSA) is 75.1 Å². The van der Waals surface area contributed by atoms with Gasteiger partial charge in [-0.2, -0.15) is 13.2 Å². The molecule has 0 amide bonds. The van der Waals surface area contributed by atoms with Gasteiger partial charge in [0.2, 0.25) is 0 Å². The van der Waals surface area contributed by atoms with Crippen LogP contribution in [0.5, 0.6) is 5.75 Å². The number of halogens is 3. The van der Waals surface area contributed by atoms with Gasteiger partial charge in [-0.1, -0.05) is 0 Å². The van der Waals surface area contributed by atoms with Gasteiger partial charge in [-0.3, -0.25) is 4.99 Å². The van der Waals surface area contributed by atoms with Crippen LogP contribution in [0.4, 0.5) is 13.2 Å². The first-order valence-electron chi connectivity index (χ1n) is 8.82. The number of aliphatic hydroxyl groups is 1. The quantitative estimate of drug-likeness (QED) is 0.360. The maximum absolute atomic E-state index is 12.5. The number of rotatable bonds is 8. The molecule has 1 fully saturated rings. The SMILES string of the molecule is CN=C(NCCOc1ccc(C(F)(F)F)cc1)NCC1(CCO)CCOC1. The average molecular weight is 389 g/mol. The maximum atomic E-state index is 12.5. The van der Waals surface area contributed by atoms with Gasteiger partial charge in [-0.15, -0.1) is 0 Å². The summed E-state index contributed by atoms with van der Waals surface area (Å²) >= 11 is 0. The third-order valence-electron chi connectivity index (χ3n) is 4.53. The zero-order valence-corrected chi connectivity index (χ0v) is 15.3. The van der Waals surface area contributed by atoms with Crippen LogP contribution in [0.3, 0.4) is 0 Å². The first kappa shape index (κ1) is 21.3. The third kappa shape index (κ3) is 6.59. The van der Waals surface area contributed by atoms with Gasteiger partial charge >= 0.3 is 6.18 Å². The summed E-state index contributed by atoms with van der Waals surface area (Å²) in [6, 6.07) is 4.59. The lowest BCUT2D eigenvalue weighted by molar-refractivity contribution is -0.137. The van der Waals surface area contributed by atoms with Crippen molar-refractivity contribution in [2.45, 2.75) is 19.0 Å². The van der Waals surface area contributed by atoms with Crippen LogP contribution in [0.15, 0.2) is 29.3 Å². The largest absolute Gasteiger partial charge is 0.492 e. The Labute approximate surface area is 156 Å². The number of ether oxygens (including phenoxy) is 2. The fourth-order valence-electron chi connectivity index (χ4n) is 2.88. The van der Waals surface area contributed by atoms with Crippen molar-refractivity contribution < 1.29 is 27.8 Å². The average Bonchev–Trinajstić information content (AvgIpc) is 3.10. The molecule has 152 valence electrons. The molecule has 9 heteroatoms. The molecule has 1 unspecified atom stereocenters. The van der Waals surface area contributed by atoms with Gasteiger partial charge < -0.3 is 25.2 Å². The molecule has 0 aliphatic carbocycles. The van der Waals surface area contributed by atoms with Crippen LogP contribution in [0.25, 0.3) is 0 Å². The van der Waals surface area contributed by atoms with E-state index >= 15 is 0 Å². The van der Waals surface area contributed by atoms with Crippen molar-refractivity contribution in [1.82, 2.24) is 10.6 Å². The molecule has 1 aromatic rings. The molecule has 0 bridgehead atoms. The molecule has 0 saturated carbocycles. The van der Waals surface area contributed by atoms with Crippen molar-refractivity contribution in [1.29, 1.82) is 0 Å². The van der Waals surface area contributed by atoms with Crippen molar-refractivity contribution in [3.8, 4) is 5.75 Å². The van der Waals surface area contributed by atoms with Gasteiger partial charge in [0.1, 0.15) is 12.4 Å². The summed E-state index contributed by atoms with van der Waals surface area (Å²) in [6.45, 7) is 2.75. The number of aliphatic imine (C=N–C) groups is 1. The van der Waals surface area contributed by atoms with E-state index < -0.39 is 11.7 Å². The van der Waals surface area contributed by atoms with Crippen molar-refractivity contribution in [3.63, 3.8) is 0 Å². The number of guanidine groups is 1. The lowest BCUT2D eigenvalue weighted by Gasteiger charge is -2.27. The molecule has 1 saturated heterocycles. The van der Waals surface area contributed by atoms with Crippen LogP contribution in [0.2, 0.25) is 0 Å². The van der Waals surface area contributed by atoms with Gasteiger partial charge in [0, 0.05) is 32.2 Å². The second-order valence-electron chi connectivity index (χ2n) is 6.50. The molecule has 0 aromatic heterocycles. The number of hydrogen-bond donors (Lipinski definition) is 3. The number of hydrogen-bond acceptors (Lipinski definition) is 4. The van der Waals surface area contributed by atoms with Gasteiger partial charge in [-0.05, 0) is 37.1 Å². The second kappa shape index (κ2) is 9.80. The van der Waals surface area contributed by atoms with E-state index in [0.29, 0.717) is 44.4 Å². The van der Waals surface area contributed by atoms with Crippen LogP contribution < -0.4 is 15.4 Å².